The first-order valence-corrected chi connectivity index (χ1v) is 10.3. The Kier molecular flexibility index (Phi) is 6.01. The van der Waals surface area contributed by atoms with E-state index >= 15 is 0 Å². The predicted molar refractivity (Wildman–Crippen MR) is 112 cm³/mol. The van der Waals surface area contributed by atoms with Crippen LogP contribution in [-0.2, 0) is 11.4 Å². The van der Waals surface area contributed by atoms with Gasteiger partial charge in [0.2, 0.25) is 0 Å². The quantitative estimate of drug-likeness (QED) is 0.488. The van der Waals surface area contributed by atoms with Gasteiger partial charge in [-0.25, -0.2) is 0 Å². The number of halogens is 2. The molecule has 2 aromatic rings. The van der Waals surface area contributed by atoms with Crippen molar-refractivity contribution in [1.82, 2.24) is 5.32 Å². The Bertz CT molecular complexity index is 796. The zero-order valence-electron chi connectivity index (χ0n) is 15.2. The summed E-state index contributed by atoms with van der Waals surface area (Å²) in [5.74, 6) is 0.962. The van der Waals surface area contributed by atoms with Crippen molar-refractivity contribution in [3.63, 3.8) is 0 Å². The molecule has 2 fully saturated rings. The van der Waals surface area contributed by atoms with Crippen LogP contribution in [0.15, 0.2) is 53.7 Å². The maximum Gasteiger partial charge on any atom is 0.142 e. The van der Waals surface area contributed by atoms with Crippen molar-refractivity contribution in [2.75, 3.05) is 0 Å². The van der Waals surface area contributed by atoms with E-state index in [-0.39, 0.29) is 0 Å². The predicted octanol–water partition coefficient (Wildman–Crippen LogP) is 5.81. The van der Waals surface area contributed by atoms with Crippen LogP contribution in [0.3, 0.4) is 0 Å². The summed E-state index contributed by atoms with van der Waals surface area (Å²) in [5.41, 5.74) is 2.41. The van der Waals surface area contributed by atoms with Gasteiger partial charge in [0, 0.05) is 18.3 Å². The molecule has 2 heterocycles. The lowest BCUT2D eigenvalue weighted by Gasteiger charge is -2.37. The van der Waals surface area contributed by atoms with E-state index in [1.165, 1.54) is 18.4 Å². The van der Waals surface area contributed by atoms with Crippen LogP contribution in [0.25, 0.3) is 0 Å². The second kappa shape index (κ2) is 8.64. The Balaban J connectivity index is 1.41. The van der Waals surface area contributed by atoms with Gasteiger partial charge in [-0.2, -0.15) is 0 Å². The Morgan fingerprint density at radius 3 is 2.74 bits per heavy atom. The molecule has 2 aliphatic rings. The SMILES string of the molecule is Clc1ccc([C@H]2CC3CCC(N3)[C@@H]2C/C=N/OCc2ccccc2)cc1Cl. The molecule has 2 bridgehead atoms. The minimum atomic E-state index is 0.471. The van der Waals surface area contributed by atoms with E-state index < -0.39 is 0 Å². The molecule has 4 atom stereocenters. The number of nitrogens with one attached hydrogen (secondary N) is 1. The van der Waals surface area contributed by atoms with Gasteiger partial charge in [-0.1, -0.05) is 64.8 Å². The zero-order chi connectivity index (χ0) is 18.6. The minimum absolute atomic E-state index is 0.471. The van der Waals surface area contributed by atoms with E-state index in [9.17, 15) is 0 Å². The van der Waals surface area contributed by atoms with Gasteiger partial charge in [-0.05, 0) is 60.8 Å². The molecule has 4 rings (SSSR count). The lowest BCUT2D eigenvalue weighted by Crippen LogP contribution is -2.44. The van der Waals surface area contributed by atoms with Gasteiger partial charge in [0.25, 0.3) is 0 Å². The largest absolute Gasteiger partial charge is 0.391 e. The van der Waals surface area contributed by atoms with E-state index in [0.29, 0.717) is 40.6 Å². The van der Waals surface area contributed by atoms with Gasteiger partial charge < -0.3 is 10.2 Å². The van der Waals surface area contributed by atoms with Gasteiger partial charge in [0.15, 0.2) is 0 Å². The number of hydrogen-bond acceptors (Lipinski definition) is 3. The average Bonchev–Trinajstić information content (AvgIpc) is 3.08. The standard InChI is InChI=1S/C22H24Cl2N2O/c23-20-8-6-16(12-21(20)24)19-13-17-7-9-22(26-17)18(19)10-11-25-27-14-15-4-2-1-3-5-15/h1-6,8,11-12,17-19,22,26H,7,9-10,13-14H2/b25-11+/t17?,18-,19-,22?/m1/s1. The second-order valence-electron chi connectivity index (χ2n) is 7.51. The molecule has 2 unspecified atom stereocenters. The van der Waals surface area contributed by atoms with Crippen LogP contribution in [0, 0.1) is 5.92 Å². The minimum Gasteiger partial charge on any atom is -0.391 e. The molecular formula is C22H24Cl2N2O. The number of piperidine rings is 1. The molecule has 3 nitrogen and oxygen atoms in total. The molecule has 0 saturated carbocycles. The highest BCUT2D eigenvalue weighted by Gasteiger charge is 2.41. The summed E-state index contributed by atoms with van der Waals surface area (Å²) in [6.45, 7) is 0.502. The van der Waals surface area contributed by atoms with Crippen LogP contribution >= 0.6 is 23.2 Å². The van der Waals surface area contributed by atoms with Crippen molar-refractivity contribution in [2.45, 2.75) is 50.3 Å². The Morgan fingerprint density at radius 1 is 1.07 bits per heavy atom. The maximum atomic E-state index is 6.28. The van der Waals surface area contributed by atoms with Crippen molar-refractivity contribution >= 4 is 29.4 Å². The highest BCUT2D eigenvalue weighted by Crippen LogP contribution is 2.44. The molecular weight excluding hydrogens is 379 g/mol. The summed E-state index contributed by atoms with van der Waals surface area (Å²) in [6, 6.07) is 17.3. The fourth-order valence-electron chi connectivity index (χ4n) is 4.49. The number of fused-ring (bicyclic) bond motifs is 2. The van der Waals surface area contributed by atoms with E-state index in [2.05, 4.69) is 16.5 Å². The first kappa shape index (κ1) is 18.8. The van der Waals surface area contributed by atoms with Crippen molar-refractivity contribution < 1.29 is 4.84 Å². The summed E-state index contributed by atoms with van der Waals surface area (Å²) in [4.78, 5) is 5.48. The van der Waals surface area contributed by atoms with E-state index in [1.807, 2.05) is 48.7 Å². The number of nitrogens with zero attached hydrogens (tertiary/aromatic N) is 1. The monoisotopic (exact) mass is 402 g/mol. The lowest BCUT2D eigenvalue weighted by atomic mass is 9.75. The van der Waals surface area contributed by atoms with Gasteiger partial charge in [-0.15, -0.1) is 0 Å². The Morgan fingerprint density at radius 2 is 1.93 bits per heavy atom. The summed E-state index contributed by atoms with van der Waals surface area (Å²) < 4.78 is 0. The van der Waals surface area contributed by atoms with E-state index in [4.69, 9.17) is 28.0 Å². The van der Waals surface area contributed by atoms with Crippen molar-refractivity contribution in [3.05, 3.63) is 69.7 Å². The van der Waals surface area contributed by atoms with Gasteiger partial charge >= 0.3 is 0 Å². The Labute approximate surface area is 170 Å². The first-order chi connectivity index (χ1) is 13.2. The summed E-state index contributed by atoms with van der Waals surface area (Å²) in [5, 5.41) is 9.23. The summed E-state index contributed by atoms with van der Waals surface area (Å²) >= 11 is 12.4. The maximum absolute atomic E-state index is 6.28. The lowest BCUT2D eigenvalue weighted by molar-refractivity contribution is 0.130. The fraction of sp³-hybridized carbons (Fsp3) is 0.409. The van der Waals surface area contributed by atoms with Gasteiger partial charge in [0.1, 0.15) is 6.61 Å². The van der Waals surface area contributed by atoms with Crippen LogP contribution in [-0.4, -0.2) is 18.3 Å². The third kappa shape index (κ3) is 4.48. The van der Waals surface area contributed by atoms with Crippen LogP contribution in [0.1, 0.15) is 42.7 Å². The average molecular weight is 403 g/mol. The molecule has 0 aliphatic carbocycles. The molecule has 1 N–H and O–H groups in total. The van der Waals surface area contributed by atoms with Crippen LogP contribution in [0.4, 0.5) is 0 Å². The molecule has 0 amide bonds. The number of hydrogen-bond donors (Lipinski definition) is 1. The zero-order valence-corrected chi connectivity index (χ0v) is 16.7. The fourth-order valence-corrected chi connectivity index (χ4v) is 4.80. The van der Waals surface area contributed by atoms with Crippen LogP contribution in [0.2, 0.25) is 10.0 Å². The molecule has 2 aromatic carbocycles. The smallest absolute Gasteiger partial charge is 0.142 e. The second-order valence-corrected chi connectivity index (χ2v) is 8.32. The van der Waals surface area contributed by atoms with Crippen molar-refractivity contribution in [1.29, 1.82) is 0 Å². The topological polar surface area (TPSA) is 33.6 Å². The van der Waals surface area contributed by atoms with Crippen molar-refractivity contribution in [3.8, 4) is 0 Å². The van der Waals surface area contributed by atoms with E-state index in [0.717, 1.165) is 18.4 Å². The third-order valence-electron chi connectivity index (χ3n) is 5.82. The highest BCUT2D eigenvalue weighted by atomic mass is 35.5. The highest BCUT2D eigenvalue weighted by molar-refractivity contribution is 6.42. The molecule has 142 valence electrons. The van der Waals surface area contributed by atoms with Gasteiger partial charge in [-0.3, -0.25) is 0 Å². The number of rotatable bonds is 6. The molecule has 27 heavy (non-hydrogen) atoms. The van der Waals surface area contributed by atoms with E-state index in [1.54, 1.807) is 0 Å². The molecule has 0 aromatic heterocycles. The third-order valence-corrected chi connectivity index (χ3v) is 6.56. The molecule has 2 saturated heterocycles. The first-order valence-electron chi connectivity index (χ1n) is 9.59. The van der Waals surface area contributed by atoms with Crippen LogP contribution in [0.5, 0.6) is 0 Å². The molecule has 0 spiro atoms. The normalized spacial score (nSPS) is 27.2. The number of oxime groups is 1. The number of benzene rings is 2. The van der Waals surface area contributed by atoms with Crippen molar-refractivity contribution in [2.24, 2.45) is 11.1 Å². The molecule has 0 radical (unpaired) electrons. The van der Waals surface area contributed by atoms with Crippen LogP contribution < -0.4 is 5.32 Å². The summed E-state index contributed by atoms with van der Waals surface area (Å²) in [6.07, 6.45) is 6.44. The summed E-state index contributed by atoms with van der Waals surface area (Å²) in [7, 11) is 0. The molecule has 2 aliphatic heterocycles. The molecule has 5 heteroatoms. The Hall–Kier alpha value is -1.55. The van der Waals surface area contributed by atoms with Gasteiger partial charge in [0.05, 0.1) is 10.0 Å².